The Kier molecular flexibility index (Phi) is 5.56. The lowest BCUT2D eigenvalue weighted by atomic mass is 10.0. The maximum atomic E-state index is 13.1. The summed E-state index contributed by atoms with van der Waals surface area (Å²) in [6, 6.07) is 10.9. The van der Waals surface area contributed by atoms with Gasteiger partial charge in [-0.15, -0.1) is 0 Å². The molecule has 0 radical (unpaired) electrons. The zero-order valence-corrected chi connectivity index (χ0v) is 16.9. The Morgan fingerprint density at radius 1 is 1.17 bits per heavy atom. The summed E-state index contributed by atoms with van der Waals surface area (Å²) in [4.78, 5) is 29.7. The fraction of sp³-hybridized carbons (Fsp3) is 0.381. The molecule has 4 rings (SSSR count). The first-order chi connectivity index (χ1) is 13.9. The highest BCUT2D eigenvalue weighted by Gasteiger charge is 2.38. The number of hydrogen-bond acceptors (Lipinski definition) is 5. The molecular weight excluding hydrogens is 393 g/mol. The highest BCUT2D eigenvalue weighted by molar-refractivity contribution is 7.99. The number of carbonyl (C=O) groups excluding carboxylic acids is 1. The molecule has 2 heterocycles. The fourth-order valence-corrected chi connectivity index (χ4v) is 5.18. The van der Waals surface area contributed by atoms with Crippen LogP contribution in [0.3, 0.4) is 0 Å². The first-order valence-corrected chi connectivity index (χ1v) is 10.5. The number of amides is 1. The molecule has 2 unspecified atom stereocenters. The molecule has 2 aromatic rings. The second-order valence-corrected chi connectivity index (χ2v) is 8.60. The first kappa shape index (κ1) is 19.8. The molecule has 29 heavy (non-hydrogen) atoms. The number of carbonyl (C=O) groups is 1. The monoisotopic (exact) mass is 415 g/mol. The molecule has 0 N–H and O–H groups in total. The van der Waals surface area contributed by atoms with E-state index in [1.165, 1.54) is 30.0 Å². The lowest BCUT2D eigenvalue weighted by Crippen LogP contribution is -2.57. The summed E-state index contributed by atoms with van der Waals surface area (Å²) >= 11 is 1.18. The molecule has 2 aliphatic rings. The predicted molar refractivity (Wildman–Crippen MR) is 109 cm³/mol. The normalized spacial score (nSPS) is 21.8. The van der Waals surface area contributed by atoms with E-state index in [9.17, 15) is 19.3 Å². The quantitative estimate of drug-likeness (QED) is 0.553. The van der Waals surface area contributed by atoms with Gasteiger partial charge in [0.2, 0.25) is 0 Å². The third-order valence-electron chi connectivity index (χ3n) is 5.80. The topological polar surface area (TPSA) is 66.7 Å². The second-order valence-electron chi connectivity index (χ2n) is 7.48. The van der Waals surface area contributed by atoms with Gasteiger partial charge in [-0.25, -0.2) is 4.39 Å². The van der Waals surface area contributed by atoms with Gasteiger partial charge in [-0.1, -0.05) is 11.8 Å². The summed E-state index contributed by atoms with van der Waals surface area (Å²) in [6.45, 7) is 4.63. The van der Waals surface area contributed by atoms with Gasteiger partial charge in [0, 0.05) is 41.7 Å². The van der Waals surface area contributed by atoms with Crippen LogP contribution in [0.1, 0.15) is 30.1 Å². The molecule has 0 aliphatic carbocycles. The largest absolute Gasteiger partial charge is 0.333 e. The zero-order chi connectivity index (χ0) is 20.5. The number of nitrogens with zero attached hydrogens (tertiary/aromatic N) is 3. The third kappa shape index (κ3) is 4.00. The van der Waals surface area contributed by atoms with Gasteiger partial charge < -0.3 is 4.90 Å². The number of rotatable bonds is 4. The summed E-state index contributed by atoms with van der Waals surface area (Å²) in [5, 5.41) is 11.6. The molecule has 2 atom stereocenters. The molecule has 8 heteroatoms. The Morgan fingerprint density at radius 2 is 1.93 bits per heavy atom. The maximum absolute atomic E-state index is 13.1. The van der Waals surface area contributed by atoms with E-state index in [2.05, 4.69) is 11.8 Å². The third-order valence-corrected chi connectivity index (χ3v) is 6.87. The van der Waals surface area contributed by atoms with Crippen LogP contribution in [0.5, 0.6) is 0 Å². The van der Waals surface area contributed by atoms with E-state index in [1.807, 2.05) is 4.90 Å². The molecule has 0 bridgehead atoms. The lowest BCUT2D eigenvalue weighted by Gasteiger charge is -2.43. The number of hydrogen-bond donors (Lipinski definition) is 0. The summed E-state index contributed by atoms with van der Waals surface area (Å²) in [7, 11) is 0. The minimum atomic E-state index is -0.471. The zero-order valence-electron chi connectivity index (χ0n) is 16.1. The molecule has 2 fully saturated rings. The van der Waals surface area contributed by atoms with Gasteiger partial charge in [-0.3, -0.25) is 19.8 Å². The van der Waals surface area contributed by atoms with Crippen LogP contribution >= 0.6 is 11.8 Å². The van der Waals surface area contributed by atoms with E-state index < -0.39 is 4.92 Å². The average Bonchev–Trinajstić information content (AvgIpc) is 3.19. The van der Waals surface area contributed by atoms with Crippen LogP contribution in [0.2, 0.25) is 0 Å². The highest BCUT2D eigenvalue weighted by atomic mass is 32.2. The van der Waals surface area contributed by atoms with E-state index >= 15 is 0 Å². The smallest absolute Gasteiger partial charge is 0.284 e. The van der Waals surface area contributed by atoms with Crippen molar-refractivity contribution in [2.75, 3.05) is 19.6 Å². The van der Waals surface area contributed by atoms with Crippen LogP contribution < -0.4 is 0 Å². The second kappa shape index (κ2) is 8.12. The van der Waals surface area contributed by atoms with Crippen molar-refractivity contribution < 1.29 is 14.1 Å². The van der Waals surface area contributed by atoms with Gasteiger partial charge in [-0.05, 0) is 62.7 Å². The van der Waals surface area contributed by atoms with Gasteiger partial charge in [0.25, 0.3) is 11.6 Å². The summed E-state index contributed by atoms with van der Waals surface area (Å²) < 4.78 is 13.1. The number of piperazine rings is 1. The molecule has 2 aliphatic heterocycles. The molecule has 0 spiro atoms. The molecule has 2 saturated heterocycles. The van der Waals surface area contributed by atoms with Crippen LogP contribution in [-0.4, -0.2) is 52.3 Å². The molecule has 1 amide bonds. The molecule has 0 saturated carbocycles. The maximum Gasteiger partial charge on any atom is 0.284 e. The van der Waals surface area contributed by atoms with Crippen molar-refractivity contribution in [3.05, 3.63) is 64.0 Å². The number of nitro benzene ring substituents is 1. The van der Waals surface area contributed by atoms with Crippen molar-refractivity contribution >= 4 is 23.4 Å². The van der Waals surface area contributed by atoms with Crippen LogP contribution in [0.4, 0.5) is 10.1 Å². The Bertz CT molecular complexity index is 937. The summed E-state index contributed by atoms with van der Waals surface area (Å²) in [5.41, 5.74) is 0.218. The van der Waals surface area contributed by atoms with E-state index in [0.717, 1.165) is 25.9 Å². The lowest BCUT2D eigenvalue weighted by molar-refractivity contribution is -0.387. The van der Waals surface area contributed by atoms with Gasteiger partial charge in [0.1, 0.15) is 5.82 Å². The number of halogens is 1. The molecular formula is C21H22FN3O3S. The predicted octanol–water partition coefficient (Wildman–Crippen LogP) is 4.19. The number of benzene rings is 2. The summed E-state index contributed by atoms with van der Waals surface area (Å²) in [5.74, 6) is -0.522. The van der Waals surface area contributed by atoms with Crippen molar-refractivity contribution in [2.24, 2.45) is 0 Å². The van der Waals surface area contributed by atoms with Gasteiger partial charge in [0.05, 0.1) is 9.82 Å². The Labute approximate surface area is 172 Å². The van der Waals surface area contributed by atoms with Crippen molar-refractivity contribution in [3.8, 4) is 0 Å². The number of nitro groups is 1. The van der Waals surface area contributed by atoms with Crippen molar-refractivity contribution in [1.29, 1.82) is 0 Å². The van der Waals surface area contributed by atoms with Crippen LogP contribution in [0, 0.1) is 15.9 Å². The Hall–Kier alpha value is -2.45. The minimum Gasteiger partial charge on any atom is -0.333 e. The van der Waals surface area contributed by atoms with Crippen molar-refractivity contribution in [1.82, 2.24) is 9.80 Å². The fourth-order valence-electron chi connectivity index (χ4n) is 4.28. The number of fused-ring (bicyclic) bond motifs is 1. The van der Waals surface area contributed by atoms with Crippen molar-refractivity contribution in [3.63, 3.8) is 0 Å². The summed E-state index contributed by atoms with van der Waals surface area (Å²) in [6.07, 6.45) is 2.23. The van der Waals surface area contributed by atoms with Crippen LogP contribution in [0.25, 0.3) is 0 Å². The van der Waals surface area contributed by atoms with Crippen LogP contribution in [0.15, 0.2) is 52.3 Å². The Balaban J connectivity index is 1.58. The van der Waals surface area contributed by atoms with Gasteiger partial charge >= 0.3 is 0 Å². The van der Waals surface area contributed by atoms with E-state index in [-0.39, 0.29) is 23.5 Å². The standard InChI is InChI=1S/C21H22FN3O3S/c1-14-18-3-2-10-23(18)11-12-24(14)21(26)15-4-9-20(19(13-15)25(27)28)29-17-7-5-16(22)6-8-17/h4-9,13-14,18H,2-3,10-12H2,1H3. The molecule has 2 aromatic carbocycles. The van der Waals surface area contributed by atoms with Gasteiger partial charge in [-0.2, -0.15) is 0 Å². The first-order valence-electron chi connectivity index (χ1n) is 9.71. The van der Waals surface area contributed by atoms with E-state index in [4.69, 9.17) is 0 Å². The average molecular weight is 415 g/mol. The molecule has 152 valence electrons. The molecule has 6 nitrogen and oxygen atoms in total. The van der Waals surface area contributed by atoms with Crippen molar-refractivity contribution in [2.45, 2.75) is 41.6 Å². The van der Waals surface area contributed by atoms with E-state index in [1.54, 1.807) is 24.3 Å². The van der Waals surface area contributed by atoms with Gasteiger partial charge in [0.15, 0.2) is 0 Å². The minimum absolute atomic E-state index is 0.0890. The molecule has 0 aromatic heterocycles. The van der Waals surface area contributed by atoms with E-state index in [0.29, 0.717) is 27.9 Å². The highest BCUT2D eigenvalue weighted by Crippen LogP contribution is 2.36. The Morgan fingerprint density at radius 3 is 2.66 bits per heavy atom. The SMILES string of the molecule is CC1C2CCCN2CCN1C(=O)c1ccc(Sc2ccc(F)cc2)c([N+](=O)[O-])c1. The van der Waals surface area contributed by atoms with Crippen LogP contribution in [-0.2, 0) is 0 Å².